The van der Waals surface area contributed by atoms with Crippen LogP contribution >= 0.6 is 0 Å². The maximum absolute atomic E-state index is 5.15. The van der Waals surface area contributed by atoms with Crippen molar-refractivity contribution < 1.29 is 4.52 Å². The van der Waals surface area contributed by atoms with Crippen LogP contribution in [-0.2, 0) is 6.54 Å². The largest absolute Gasteiger partial charge is 0.381 e. The number of nitrogens with zero attached hydrogens (tertiary/aromatic N) is 1. The summed E-state index contributed by atoms with van der Waals surface area (Å²) in [6.45, 7) is 8.87. The summed E-state index contributed by atoms with van der Waals surface area (Å²) in [5, 5.41) is 7.39. The van der Waals surface area contributed by atoms with Crippen LogP contribution in [0, 0.1) is 27.7 Å². The first kappa shape index (κ1) is 11.7. The highest BCUT2D eigenvalue weighted by atomic mass is 16.5. The third-order valence-electron chi connectivity index (χ3n) is 3.03. The lowest BCUT2D eigenvalue weighted by Gasteiger charge is -2.10. The first-order valence-electron chi connectivity index (χ1n) is 5.81. The molecule has 0 aliphatic carbocycles. The average molecular weight is 230 g/mol. The van der Waals surface area contributed by atoms with Crippen molar-refractivity contribution in [1.82, 2.24) is 5.16 Å². The normalized spacial score (nSPS) is 10.6. The lowest BCUT2D eigenvalue weighted by atomic mass is 10.1. The van der Waals surface area contributed by atoms with Crippen LogP contribution in [0.2, 0.25) is 0 Å². The molecule has 0 aliphatic heterocycles. The van der Waals surface area contributed by atoms with Crippen LogP contribution in [0.4, 0.5) is 5.69 Å². The van der Waals surface area contributed by atoms with Crippen LogP contribution in [0.1, 0.15) is 28.1 Å². The molecule has 17 heavy (non-hydrogen) atoms. The van der Waals surface area contributed by atoms with E-state index in [1.54, 1.807) is 0 Å². The number of aryl methyl sites for hydroxylation is 4. The van der Waals surface area contributed by atoms with E-state index in [0.29, 0.717) is 0 Å². The summed E-state index contributed by atoms with van der Waals surface area (Å²) in [6, 6.07) is 6.41. The van der Waals surface area contributed by atoms with Gasteiger partial charge in [0.15, 0.2) is 0 Å². The second-order valence-corrected chi connectivity index (χ2v) is 4.47. The predicted octanol–water partition coefficient (Wildman–Crippen LogP) is 3.52. The summed E-state index contributed by atoms with van der Waals surface area (Å²) < 4.78 is 5.15. The van der Waals surface area contributed by atoms with Gasteiger partial charge in [-0.3, -0.25) is 0 Å². The molecule has 2 rings (SSSR count). The van der Waals surface area contributed by atoms with Gasteiger partial charge in [-0.1, -0.05) is 17.3 Å². The third-order valence-corrected chi connectivity index (χ3v) is 3.03. The average Bonchev–Trinajstić information content (AvgIpc) is 2.61. The van der Waals surface area contributed by atoms with Crippen LogP contribution in [-0.4, -0.2) is 5.16 Å². The van der Waals surface area contributed by atoms with Gasteiger partial charge in [-0.05, 0) is 44.9 Å². The highest BCUT2D eigenvalue weighted by Gasteiger charge is 2.08. The summed E-state index contributed by atoms with van der Waals surface area (Å²) >= 11 is 0. The summed E-state index contributed by atoms with van der Waals surface area (Å²) in [5.41, 5.74) is 5.79. The maximum atomic E-state index is 5.15. The van der Waals surface area contributed by atoms with Gasteiger partial charge in [-0.2, -0.15) is 0 Å². The molecule has 0 radical (unpaired) electrons. The van der Waals surface area contributed by atoms with Crippen molar-refractivity contribution in [2.75, 3.05) is 5.32 Å². The molecular formula is C14H18N2O. The zero-order chi connectivity index (χ0) is 12.4. The van der Waals surface area contributed by atoms with Gasteiger partial charge in [-0.25, -0.2) is 0 Å². The zero-order valence-electron chi connectivity index (χ0n) is 10.8. The maximum Gasteiger partial charge on any atom is 0.138 e. The zero-order valence-corrected chi connectivity index (χ0v) is 10.8. The molecule has 0 spiro atoms. The van der Waals surface area contributed by atoms with E-state index >= 15 is 0 Å². The van der Waals surface area contributed by atoms with Crippen molar-refractivity contribution in [2.45, 2.75) is 34.2 Å². The Kier molecular flexibility index (Phi) is 3.18. The number of rotatable bonds is 3. The molecule has 1 aromatic carbocycles. The molecule has 0 saturated carbocycles. The van der Waals surface area contributed by atoms with Crippen molar-refractivity contribution in [3.8, 4) is 0 Å². The second-order valence-electron chi connectivity index (χ2n) is 4.47. The summed E-state index contributed by atoms with van der Waals surface area (Å²) in [6.07, 6.45) is 0. The number of benzene rings is 1. The molecule has 3 heteroatoms. The Morgan fingerprint density at radius 1 is 1.18 bits per heavy atom. The summed E-state index contributed by atoms with van der Waals surface area (Å²) in [7, 11) is 0. The van der Waals surface area contributed by atoms with Crippen LogP contribution in [0.25, 0.3) is 0 Å². The van der Waals surface area contributed by atoms with Gasteiger partial charge in [0.05, 0.1) is 5.69 Å². The molecule has 1 N–H and O–H groups in total. The van der Waals surface area contributed by atoms with Gasteiger partial charge >= 0.3 is 0 Å². The second kappa shape index (κ2) is 4.62. The fraction of sp³-hybridized carbons (Fsp3) is 0.357. The quantitative estimate of drug-likeness (QED) is 0.876. The fourth-order valence-electron chi connectivity index (χ4n) is 1.86. The topological polar surface area (TPSA) is 38.1 Å². The fourth-order valence-corrected chi connectivity index (χ4v) is 1.86. The van der Waals surface area contributed by atoms with E-state index in [0.717, 1.165) is 23.6 Å². The summed E-state index contributed by atoms with van der Waals surface area (Å²) in [4.78, 5) is 0. The summed E-state index contributed by atoms with van der Waals surface area (Å²) in [5.74, 6) is 0.889. The molecule has 0 atom stereocenters. The standard InChI is InChI=1S/C14H18N2O/c1-9-5-6-10(2)14(7-9)15-8-13-11(3)16-17-12(13)4/h5-7,15H,8H2,1-4H3. The first-order chi connectivity index (χ1) is 8.08. The van der Waals surface area contributed by atoms with E-state index in [9.17, 15) is 0 Å². The Labute approximate surface area is 102 Å². The molecule has 1 heterocycles. The molecule has 0 saturated heterocycles. The molecule has 0 bridgehead atoms. The Morgan fingerprint density at radius 2 is 1.94 bits per heavy atom. The van der Waals surface area contributed by atoms with Crippen LogP contribution in [0.5, 0.6) is 0 Å². The Bertz CT molecular complexity index is 510. The van der Waals surface area contributed by atoms with Crippen molar-refractivity contribution >= 4 is 5.69 Å². The van der Waals surface area contributed by atoms with Crippen molar-refractivity contribution in [1.29, 1.82) is 0 Å². The lowest BCUT2D eigenvalue weighted by Crippen LogP contribution is -2.03. The lowest BCUT2D eigenvalue weighted by molar-refractivity contribution is 0.392. The predicted molar refractivity (Wildman–Crippen MR) is 69.2 cm³/mol. The van der Waals surface area contributed by atoms with E-state index in [4.69, 9.17) is 4.52 Å². The van der Waals surface area contributed by atoms with Crippen molar-refractivity contribution in [2.24, 2.45) is 0 Å². The van der Waals surface area contributed by atoms with E-state index in [1.807, 2.05) is 13.8 Å². The minimum Gasteiger partial charge on any atom is -0.381 e. The minimum absolute atomic E-state index is 0.755. The van der Waals surface area contributed by atoms with Crippen LogP contribution < -0.4 is 5.32 Å². The first-order valence-corrected chi connectivity index (χ1v) is 5.81. The van der Waals surface area contributed by atoms with Crippen LogP contribution in [0.3, 0.4) is 0 Å². The van der Waals surface area contributed by atoms with Gasteiger partial charge in [0, 0.05) is 17.8 Å². The van der Waals surface area contributed by atoms with E-state index < -0.39 is 0 Å². The molecule has 0 unspecified atom stereocenters. The monoisotopic (exact) mass is 230 g/mol. The van der Waals surface area contributed by atoms with E-state index in [1.165, 1.54) is 16.8 Å². The van der Waals surface area contributed by atoms with Gasteiger partial charge in [-0.15, -0.1) is 0 Å². The molecule has 0 amide bonds. The molecule has 0 aliphatic rings. The Hall–Kier alpha value is -1.77. The molecule has 90 valence electrons. The van der Waals surface area contributed by atoms with E-state index in [-0.39, 0.29) is 0 Å². The molecule has 0 fully saturated rings. The van der Waals surface area contributed by atoms with Crippen LogP contribution in [0.15, 0.2) is 22.7 Å². The highest BCUT2D eigenvalue weighted by Crippen LogP contribution is 2.19. The minimum atomic E-state index is 0.755. The third kappa shape index (κ3) is 2.49. The smallest absolute Gasteiger partial charge is 0.138 e. The molecular weight excluding hydrogens is 212 g/mol. The Balaban J connectivity index is 2.15. The highest BCUT2D eigenvalue weighted by molar-refractivity contribution is 5.53. The molecule has 2 aromatic rings. The number of hydrogen-bond acceptors (Lipinski definition) is 3. The van der Waals surface area contributed by atoms with Gasteiger partial charge in [0.25, 0.3) is 0 Å². The number of nitrogens with one attached hydrogen (secondary N) is 1. The molecule has 1 aromatic heterocycles. The van der Waals surface area contributed by atoms with Crippen molar-refractivity contribution in [3.63, 3.8) is 0 Å². The number of anilines is 1. The van der Waals surface area contributed by atoms with Gasteiger partial charge < -0.3 is 9.84 Å². The SMILES string of the molecule is Cc1ccc(C)c(NCc2c(C)noc2C)c1. The van der Waals surface area contributed by atoms with Gasteiger partial charge in [0.1, 0.15) is 5.76 Å². The van der Waals surface area contributed by atoms with Crippen molar-refractivity contribution in [3.05, 3.63) is 46.3 Å². The van der Waals surface area contributed by atoms with Gasteiger partial charge in [0.2, 0.25) is 0 Å². The number of hydrogen-bond donors (Lipinski definition) is 1. The Morgan fingerprint density at radius 3 is 2.59 bits per heavy atom. The molecule has 3 nitrogen and oxygen atoms in total. The van der Waals surface area contributed by atoms with E-state index in [2.05, 4.69) is 42.5 Å². The number of aromatic nitrogens is 1.